The summed E-state index contributed by atoms with van der Waals surface area (Å²) in [4.78, 5) is 9.05. The van der Waals surface area contributed by atoms with Gasteiger partial charge in [0.25, 0.3) is 0 Å². The number of H-pyrrole nitrogens is 1. The van der Waals surface area contributed by atoms with Crippen LogP contribution in [0.2, 0.25) is 0 Å². The van der Waals surface area contributed by atoms with E-state index >= 15 is 0 Å². The van der Waals surface area contributed by atoms with Crippen molar-refractivity contribution in [1.29, 1.82) is 0 Å². The minimum absolute atomic E-state index is 0.0602. The zero-order chi connectivity index (χ0) is 18.8. The fourth-order valence-electron chi connectivity index (χ4n) is 2.91. The molecule has 7 nitrogen and oxygen atoms in total. The van der Waals surface area contributed by atoms with Gasteiger partial charge in [-0.05, 0) is 41.3 Å². The third-order valence-corrected chi connectivity index (χ3v) is 5.52. The van der Waals surface area contributed by atoms with Gasteiger partial charge < -0.3 is 15.7 Å². The molecule has 8 heteroatoms. The normalized spacial score (nSPS) is 14.8. The summed E-state index contributed by atoms with van der Waals surface area (Å²) < 4.78 is 0.782. The van der Waals surface area contributed by atoms with E-state index in [9.17, 15) is 5.11 Å². The second-order valence-electron chi connectivity index (χ2n) is 6.69. The molecule has 0 spiro atoms. The second-order valence-corrected chi connectivity index (χ2v) is 7.49. The molecule has 1 fully saturated rings. The van der Waals surface area contributed by atoms with Crippen molar-refractivity contribution >= 4 is 33.5 Å². The predicted molar refractivity (Wildman–Crippen MR) is 108 cm³/mol. The fourth-order valence-corrected chi connectivity index (χ4v) is 3.18. The van der Waals surface area contributed by atoms with Crippen LogP contribution in [0.4, 0.5) is 17.6 Å². The SMILES string of the molecule is Cc1nc(N[C@@H](CO)c2ccccc2)nc(Nc2cc(C3CC3)[nH]n2)c1Br. The van der Waals surface area contributed by atoms with Gasteiger partial charge in [-0.3, -0.25) is 5.10 Å². The number of hydrogen-bond acceptors (Lipinski definition) is 6. The maximum Gasteiger partial charge on any atom is 0.225 e. The summed E-state index contributed by atoms with van der Waals surface area (Å²) >= 11 is 3.55. The van der Waals surface area contributed by atoms with Crippen molar-refractivity contribution in [3.63, 3.8) is 0 Å². The number of aromatic nitrogens is 4. The van der Waals surface area contributed by atoms with Crippen molar-refractivity contribution in [3.8, 4) is 0 Å². The van der Waals surface area contributed by atoms with Crippen LogP contribution in [-0.4, -0.2) is 31.9 Å². The van der Waals surface area contributed by atoms with E-state index in [1.165, 1.54) is 12.8 Å². The molecule has 1 aliphatic carbocycles. The molecule has 0 radical (unpaired) electrons. The van der Waals surface area contributed by atoms with Crippen LogP contribution in [0.1, 0.15) is 41.8 Å². The van der Waals surface area contributed by atoms with Gasteiger partial charge in [-0.1, -0.05) is 30.3 Å². The molecule has 4 N–H and O–H groups in total. The lowest BCUT2D eigenvalue weighted by molar-refractivity contribution is 0.276. The molecule has 1 aromatic carbocycles. The molecule has 2 aromatic heterocycles. The average Bonchev–Trinajstić information content (AvgIpc) is 3.43. The minimum Gasteiger partial charge on any atom is -0.394 e. The summed E-state index contributed by atoms with van der Waals surface area (Å²) in [6, 6.07) is 11.5. The quantitative estimate of drug-likeness (QED) is 0.453. The summed E-state index contributed by atoms with van der Waals surface area (Å²) in [5, 5.41) is 23.6. The van der Waals surface area contributed by atoms with Crippen molar-refractivity contribution in [2.24, 2.45) is 0 Å². The van der Waals surface area contributed by atoms with Gasteiger partial charge in [0.1, 0.15) is 0 Å². The highest BCUT2D eigenvalue weighted by Gasteiger charge is 2.25. The van der Waals surface area contributed by atoms with Gasteiger partial charge in [-0.2, -0.15) is 10.1 Å². The van der Waals surface area contributed by atoms with Crippen molar-refractivity contribution in [2.45, 2.75) is 31.7 Å². The fraction of sp³-hybridized carbons (Fsp3) is 0.316. The van der Waals surface area contributed by atoms with Crippen LogP contribution in [-0.2, 0) is 0 Å². The molecule has 1 saturated carbocycles. The standard InChI is InChI=1S/C19H21BrN6O/c1-11-17(20)18(23-16-9-14(25-26-16)13-7-8-13)24-19(21-11)22-15(10-27)12-5-3-2-4-6-12/h2-6,9,13,15,27H,7-8,10H2,1H3,(H3,21,22,23,24,25,26)/t15-/m0/s1. The maximum atomic E-state index is 9.77. The summed E-state index contributed by atoms with van der Waals surface area (Å²) in [5.41, 5.74) is 2.92. The first kappa shape index (κ1) is 17.9. The Hall–Kier alpha value is -2.45. The molecule has 0 saturated heterocycles. The van der Waals surface area contributed by atoms with Crippen molar-refractivity contribution < 1.29 is 5.11 Å². The first-order chi connectivity index (χ1) is 13.1. The van der Waals surface area contributed by atoms with E-state index in [1.54, 1.807) is 0 Å². The molecule has 0 aliphatic heterocycles. The molecule has 3 aromatic rings. The van der Waals surface area contributed by atoms with E-state index in [0.29, 0.717) is 17.7 Å². The summed E-state index contributed by atoms with van der Waals surface area (Å²) in [6.07, 6.45) is 2.43. The maximum absolute atomic E-state index is 9.77. The molecule has 0 bridgehead atoms. The van der Waals surface area contributed by atoms with Crippen LogP contribution in [0.15, 0.2) is 40.9 Å². The van der Waals surface area contributed by atoms with Gasteiger partial charge in [0.15, 0.2) is 11.6 Å². The van der Waals surface area contributed by atoms with Crippen molar-refractivity contribution in [3.05, 3.63) is 57.8 Å². The predicted octanol–water partition coefficient (Wildman–Crippen LogP) is 4.04. The van der Waals surface area contributed by atoms with Gasteiger partial charge in [-0.25, -0.2) is 4.98 Å². The number of hydrogen-bond donors (Lipinski definition) is 4. The molecule has 2 heterocycles. The Kier molecular flexibility index (Phi) is 5.09. The number of rotatable bonds is 7. The molecule has 0 unspecified atom stereocenters. The van der Waals surface area contributed by atoms with Crippen LogP contribution >= 0.6 is 15.9 Å². The lowest BCUT2D eigenvalue weighted by atomic mass is 10.1. The van der Waals surface area contributed by atoms with Crippen molar-refractivity contribution in [2.75, 3.05) is 17.2 Å². The zero-order valence-corrected chi connectivity index (χ0v) is 16.5. The van der Waals surface area contributed by atoms with E-state index in [1.807, 2.05) is 43.3 Å². The number of aliphatic hydroxyl groups excluding tert-OH is 1. The average molecular weight is 429 g/mol. The number of aryl methyl sites for hydroxylation is 1. The molecule has 1 aliphatic rings. The topological polar surface area (TPSA) is 98.8 Å². The number of halogens is 1. The smallest absolute Gasteiger partial charge is 0.225 e. The highest BCUT2D eigenvalue weighted by molar-refractivity contribution is 9.10. The zero-order valence-electron chi connectivity index (χ0n) is 14.9. The van der Waals surface area contributed by atoms with Crippen LogP contribution in [0, 0.1) is 6.92 Å². The van der Waals surface area contributed by atoms with Gasteiger partial charge in [0.05, 0.1) is 22.8 Å². The molecule has 1 atom stereocenters. The molecule has 0 amide bonds. The molecular weight excluding hydrogens is 408 g/mol. The Balaban J connectivity index is 1.56. The van der Waals surface area contributed by atoms with E-state index < -0.39 is 0 Å². The van der Waals surface area contributed by atoms with Gasteiger partial charge in [-0.15, -0.1) is 0 Å². The highest BCUT2D eigenvalue weighted by Crippen LogP contribution is 2.40. The number of nitrogens with zero attached hydrogens (tertiary/aromatic N) is 3. The molecule has 4 rings (SSSR count). The molecule has 27 heavy (non-hydrogen) atoms. The minimum atomic E-state index is -0.286. The largest absolute Gasteiger partial charge is 0.394 e. The van der Waals surface area contributed by atoms with Crippen LogP contribution in [0.3, 0.4) is 0 Å². The van der Waals surface area contributed by atoms with E-state index in [0.717, 1.165) is 27.2 Å². The number of benzene rings is 1. The van der Waals surface area contributed by atoms with E-state index in [2.05, 4.69) is 46.7 Å². The van der Waals surface area contributed by atoms with Crippen LogP contribution < -0.4 is 10.6 Å². The summed E-state index contributed by atoms with van der Waals surface area (Å²) in [6.45, 7) is 1.84. The van der Waals surface area contributed by atoms with E-state index in [4.69, 9.17) is 0 Å². The van der Waals surface area contributed by atoms with Crippen molar-refractivity contribution in [1.82, 2.24) is 20.2 Å². The Labute approximate surface area is 165 Å². The monoisotopic (exact) mass is 428 g/mol. The first-order valence-electron chi connectivity index (χ1n) is 8.93. The summed E-state index contributed by atoms with van der Waals surface area (Å²) in [5.74, 6) is 2.41. The van der Waals surface area contributed by atoms with Crippen LogP contribution in [0.5, 0.6) is 0 Å². The Morgan fingerprint density at radius 2 is 2.04 bits per heavy atom. The highest BCUT2D eigenvalue weighted by atomic mass is 79.9. The molecule has 140 valence electrons. The Morgan fingerprint density at radius 1 is 1.26 bits per heavy atom. The van der Waals surface area contributed by atoms with Gasteiger partial charge >= 0.3 is 0 Å². The van der Waals surface area contributed by atoms with Gasteiger partial charge in [0, 0.05) is 17.7 Å². The third-order valence-electron chi connectivity index (χ3n) is 4.57. The Morgan fingerprint density at radius 3 is 2.74 bits per heavy atom. The third kappa shape index (κ3) is 4.12. The Bertz CT molecular complexity index is 925. The number of aliphatic hydroxyl groups is 1. The molecular formula is C19H21BrN6O. The van der Waals surface area contributed by atoms with Gasteiger partial charge in [0.2, 0.25) is 5.95 Å². The summed E-state index contributed by atoms with van der Waals surface area (Å²) in [7, 11) is 0. The number of aromatic amines is 1. The van der Waals surface area contributed by atoms with Crippen LogP contribution in [0.25, 0.3) is 0 Å². The second kappa shape index (κ2) is 7.66. The van der Waals surface area contributed by atoms with E-state index in [-0.39, 0.29) is 12.6 Å². The number of nitrogens with one attached hydrogen (secondary N) is 3. The lowest BCUT2D eigenvalue weighted by Crippen LogP contribution is -2.17. The lowest BCUT2D eigenvalue weighted by Gasteiger charge is -2.18. The number of anilines is 3. The first-order valence-corrected chi connectivity index (χ1v) is 9.72.